The van der Waals surface area contributed by atoms with Crippen LogP contribution in [-0.4, -0.2) is 36.3 Å². The molecule has 0 aliphatic rings. The summed E-state index contributed by atoms with van der Waals surface area (Å²) in [7, 11) is 4.02. The molecular weight excluding hydrogens is 473 g/mol. The van der Waals surface area contributed by atoms with E-state index in [-0.39, 0.29) is 3.80 Å². The number of carbonyl (C=O) groups is 1. The van der Waals surface area contributed by atoms with Gasteiger partial charge in [0.1, 0.15) is 0 Å². The van der Waals surface area contributed by atoms with E-state index in [0.717, 1.165) is 11.3 Å². The van der Waals surface area contributed by atoms with E-state index in [1.807, 2.05) is 56.6 Å². The van der Waals surface area contributed by atoms with Crippen molar-refractivity contribution in [3.8, 4) is 0 Å². The van der Waals surface area contributed by atoms with Gasteiger partial charge in [-0.3, -0.25) is 0 Å². The number of hydrogen-bond acceptors (Lipinski definition) is 2. The summed E-state index contributed by atoms with van der Waals surface area (Å²) in [5.41, 5.74) is 1.87. The third-order valence-corrected chi connectivity index (χ3v) is 18.6. The summed E-state index contributed by atoms with van der Waals surface area (Å²) in [4.78, 5) is 16.5. The molecule has 0 aliphatic carbocycles. The summed E-state index contributed by atoms with van der Waals surface area (Å²) in [5.74, 6) is 0. The maximum absolute atomic E-state index is 14.4. The zero-order valence-corrected chi connectivity index (χ0v) is 20.2. The van der Waals surface area contributed by atoms with E-state index < -0.39 is 18.4 Å². The Hall–Kier alpha value is -2.85. The fraction of sp³-hybridized carbons (Fsp3) is 0.0741. The summed E-state index contributed by atoms with van der Waals surface area (Å²) in [6, 6.07) is 39.2. The van der Waals surface area contributed by atoms with Crippen molar-refractivity contribution in [2.24, 2.45) is 0 Å². The van der Waals surface area contributed by atoms with Crippen molar-refractivity contribution < 1.29 is 4.79 Å². The molecule has 148 valence electrons. The Kier molecular flexibility index (Phi) is 6.05. The molecule has 0 fully saturated rings. The summed E-state index contributed by atoms with van der Waals surface area (Å²) in [5, 5.41) is 0. The van der Waals surface area contributed by atoms with Crippen molar-refractivity contribution in [2.45, 2.75) is 0 Å². The van der Waals surface area contributed by atoms with Gasteiger partial charge in [-0.15, -0.1) is 0 Å². The first-order valence-corrected chi connectivity index (χ1v) is 15.8. The van der Waals surface area contributed by atoms with Crippen molar-refractivity contribution in [2.75, 3.05) is 19.0 Å². The van der Waals surface area contributed by atoms with E-state index in [1.165, 1.54) is 10.7 Å². The third-order valence-electron chi connectivity index (χ3n) is 5.61. The molecule has 0 bridgehead atoms. The van der Waals surface area contributed by atoms with Gasteiger partial charge in [-0.2, -0.15) is 0 Å². The third kappa shape index (κ3) is 3.68. The van der Waals surface area contributed by atoms with Gasteiger partial charge in [0.2, 0.25) is 0 Å². The number of carbonyl (C=O) groups excluding carboxylic acids is 1. The molecule has 0 aliphatic heterocycles. The standard InChI is InChI=1S/C9H10NO.3C6H5.Sn/c1-10(2)9-5-3-8(7-11)4-6-9;3*1-2-4-6-5-3-1;/h3-6H,1-2H3;3*1-5H;. The first kappa shape index (κ1) is 20.4. The van der Waals surface area contributed by atoms with Crippen LogP contribution in [0.25, 0.3) is 0 Å². The molecule has 0 heterocycles. The molecule has 4 aromatic carbocycles. The zero-order chi connectivity index (χ0) is 21.0. The molecule has 0 radical (unpaired) electrons. The molecule has 30 heavy (non-hydrogen) atoms. The second kappa shape index (κ2) is 8.88. The van der Waals surface area contributed by atoms with Crippen LogP contribution in [0, 0.1) is 0 Å². The van der Waals surface area contributed by atoms with E-state index in [1.54, 1.807) is 0 Å². The Morgan fingerprint density at radius 3 is 1.27 bits per heavy atom. The van der Waals surface area contributed by atoms with Gasteiger partial charge in [0.05, 0.1) is 0 Å². The van der Waals surface area contributed by atoms with Crippen molar-refractivity contribution >= 4 is 38.6 Å². The van der Waals surface area contributed by atoms with Crippen LogP contribution >= 0.6 is 0 Å². The van der Waals surface area contributed by atoms with Crippen molar-refractivity contribution in [1.29, 1.82) is 0 Å². The summed E-state index contributed by atoms with van der Waals surface area (Å²) in [6.07, 6.45) is 0. The van der Waals surface area contributed by atoms with Gasteiger partial charge in [0, 0.05) is 0 Å². The molecule has 0 saturated carbocycles. The van der Waals surface area contributed by atoms with Crippen molar-refractivity contribution in [3.05, 3.63) is 121 Å². The summed E-state index contributed by atoms with van der Waals surface area (Å²) in [6.45, 7) is 0. The molecule has 4 aromatic rings. The normalized spacial score (nSPS) is 11.1. The second-order valence-corrected chi connectivity index (χ2v) is 18.1. The molecule has 0 saturated heterocycles. The molecule has 3 heteroatoms. The molecule has 0 unspecified atom stereocenters. The topological polar surface area (TPSA) is 20.3 Å². The van der Waals surface area contributed by atoms with Crippen LogP contribution in [0.15, 0.2) is 115 Å². The average molecular weight is 498 g/mol. The van der Waals surface area contributed by atoms with Crippen molar-refractivity contribution in [3.63, 3.8) is 0 Å². The van der Waals surface area contributed by atoms with Gasteiger partial charge in [-0.25, -0.2) is 0 Å². The van der Waals surface area contributed by atoms with Crippen LogP contribution < -0.4 is 15.6 Å². The molecule has 0 aromatic heterocycles. The van der Waals surface area contributed by atoms with Crippen LogP contribution in [0.2, 0.25) is 0 Å². The first-order valence-electron chi connectivity index (χ1n) is 10.1. The Morgan fingerprint density at radius 2 is 0.933 bits per heavy atom. The minimum atomic E-state index is -4.01. The summed E-state index contributed by atoms with van der Waals surface area (Å²) < 4.78 is 3.79. The SMILES string of the molecule is CN(C)c1ccc([C](=O)[Sn]([c]2ccccc2)([c]2ccccc2)[c]2ccccc2)cc1. The first-order chi connectivity index (χ1) is 14.6. The maximum atomic E-state index is 14.4. The van der Waals surface area contributed by atoms with Crippen molar-refractivity contribution in [1.82, 2.24) is 0 Å². The fourth-order valence-corrected chi connectivity index (χ4v) is 16.8. The van der Waals surface area contributed by atoms with Gasteiger partial charge in [-0.1, -0.05) is 0 Å². The Morgan fingerprint density at radius 1 is 0.567 bits per heavy atom. The predicted molar refractivity (Wildman–Crippen MR) is 129 cm³/mol. The van der Waals surface area contributed by atoms with Crippen LogP contribution in [0.4, 0.5) is 5.69 Å². The molecule has 4 rings (SSSR count). The predicted octanol–water partition coefficient (Wildman–Crippen LogP) is 3.64. The van der Waals surface area contributed by atoms with Gasteiger partial charge in [0.25, 0.3) is 0 Å². The second-order valence-electron chi connectivity index (χ2n) is 7.62. The van der Waals surface area contributed by atoms with Gasteiger partial charge in [0.15, 0.2) is 0 Å². The number of benzene rings is 4. The molecule has 2 nitrogen and oxygen atoms in total. The molecule has 0 spiro atoms. The summed E-state index contributed by atoms with van der Waals surface area (Å²) >= 11 is -4.01. The van der Waals surface area contributed by atoms with E-state index in [9.17, 15) is 4.79 Å². The van der Waals surface area contributed by atoms with E-state index in [0.29, 0.717) is 0 Å². The quantitative estimate of drug-likeness (QED) is 0.379. The average Bonchev–Trinajstić information content (AvgIpc) is 2.82. The van der Waals surface area contributed by atoms with Gasteiger partial charge in [-0.05, 0) is 0 Å². The minimum absolute atomic E-state index is 0.276. The van der Waals surface area contributed by atoms with Crippen LogP contribution in [0.3, 0.4) is 0 Å². The van der Waals surface area contributed by atoms with E-state index >= 15 is 0 Å². The fourth-order valence-electron chi connectivity index (χ4n) is 4.09. The number of rotatable bonds is 6. The van der Waals surface area contributed by atoms with Crippen LogP contribution in [0.5, 0.6) is 0 Å². The molecule has 0 amide bonds. The number of nitrogens with zero attached hydrogens (tertiary/aromatic N) is 1. The van der Waals surface area contributed by atoms with Crippen LogP contribution in [0.1, 0.15) is 10.4 Å². The van der Waals surface area contributed by atoms with E-state index in [2.05, 4.69) is 77.7 Å². The Balaban J connectivity index is 2.01. The molecular formula is C27H25NOSn. The molecule has 0 atom stereocenters. The zero-order valence-electron chi connectivity index (χ0n) is 17.3. The van der Waals surface area contributed by atoms with Gasteiger partial charge < -0.3 is 0 Å². The Bertz CT molecular complexity index is 1010. The van der Waals surface area contributed by atoms with Crippen LogP contribution in [-0.2, 0) is 0 Å². The molecule has 0 N–H and O–H groups in total. The van der Waals surface area contributed by atoms with Gasteiger partial charge >= 0.3 is 183 Å². The monoisotopic (exact) mass is 499 g/mol. The number of anilines is 1. The Labute approximate surface area is 182 Å². The van der Waals surface area contributed by atoms with E-state index in [4.69, 9.17) is 0 Å². The number of hydrogen-bond donors (Lipinski definition) is 0.